The van der Waals surface area contributed by atoms with Crippen LogP contribution in [0.15, 0.2) is 48.5 Å². The summed E-state index contributed by atoms with van der Waals surface area (Å²) in [5, 5.41) is 2.52. The quantitative estimate of drug-likeness (QED) is 0.513. The Morgan fingerprint density at radius 1 is 0.842 bits per heavy atom. The van der Waals surface area contributed by atoms with Crippen LogP contribution < -0.4 is 0 Å². The van der Waals surface area contributed by atoms with E-state index in [0.29, 0.717) is 15.1 Å². The summed E-state index contributed by atoms with van der Waals surface area (Å²) in [5.41, 5.74) is 2.41. The molecule has 0 bridgehead atoms. The van der Waals surface area contributed by atoms with Crippen molar-refractivity contribution in [1.29, 1.82) is 0 Å². The summed E-state index contributed by atoms with van der Waals surface area (Å²) in [4.78, 5) is 4.59. The Bertz CT molecular complexity index is 768. The van der Waals surface area contributed by atoms with Crippen molar-refractivity contribution in [2.24, 2.45) is 0 Å². The normalized spacial score (nSPS) is 10.9. The number of rotatable bonds is 1. The molecule has 3 aromatic rings. The van der Waals surface area contributed by atoms with E-state index in [4.69, 9.17) is 34.8 Å². The lowest BCUT2D eigenvalue weighted by Crippen LogP contribution is -1.87. The molecule has 0 aliphatic rings. The van der Waals surface area contributed by atoms with E-state index in [1.54, 1.807) is 12.1 Å². The van der Waals surface area contributed by atoms with E-state index in [1.807, 2.05) is 36.4 Å². The molecule has 1 nitrogen and oxygen atoms in total. The van der Waals surface area contributed by atoms with Crippen LogP contribution >= 0.6 is 34.8 Å². The third kappa shape index (κ3) is 2.42. The molecule has 4 heteroatoms. The molecule has 19 heavy (non-hydrogen) atoms. The van der Waals surface area contributed by atoms with Gasteiger partial charge in [0.25, 0.3) is 0 Å². The van der Waals surface area contributed by atoms with Gasteiger partial charge in [-0.1, -0.05) is 59.1 Å². The number of aromatic nitrogens is 1. The van der Waals surface area contributed by atoms with Crippen LogP contribution in [0.1, 0.15) is 0 Å². The van der Waals surface area contributed by atoms with Crippen molar-refractivity contribution in [2.75, 3.05) is 0 Å². The van der Waals surface area contributed by atoms with Gasteiger partial charge in [0.1, 0.15) is 0 Å². The molecular weight excluding hydrogens is 301 g/mol. The van der Waals surface area contributed by atoms with E-state index in [-0.39, 0.29) is 0 Å². The monoisotopic (exact) mass is 307 g/mol. The molecule has 3 rings (SSSR count). The number of fused-ring (bicyclic) bond motifs is 1. The summed E-state index contributed by atoms with van der Waals surface area (Å²) in [6, 6.07) is 15.2. The van der Waals surface area contributed by atoms with Gasteiger partial charge in [-0.25, -0.2) is 4.98 Å². The molecule has 0 aliphatic heterocycles. The molecule has 0 spiro atoms. The Kier molecular flexibility index (Phi) is 3.36. The van der Waals surface area contributed by atoms with Gasteiger partial charge in [0.2, 0.25) is 0 Å². The average Bonchev–Trinajstić information content (AvgIpc) is 2.42. The lowest BCUT2D eigenvalue weighted by molar-refractivity contribution is 1.40. The second kappa shape index (κ2) is 5.01. The standard InChI is InChI=1S/C15H8Cl3N/c16-10-7-11(15(18)12(17)8-10)14-6-5-9-3-1-2-4-13(9)19-14/h1-8H. The van der Waals surface area contributed by atoms with Crippen molar-refractivity contribution in [1.82, 2.24) is 4.98 Å². The maximum absolute atomic E-state index is 6.22. The van der Waals surface area contributed by atoms with Gasteiger partial charge in [0, 0.05) is 16.0 Å². The minimum atomic E-state index is 0.430. The Morgan fingerprint density at radius 2 is 1.63 bits per heavy atom. The maximum atomic E-state index is 6.22. The van der Waals surface area contributed by atoms with Crippen LogP contribution in [0, 0.1) is 0 Å². The van der Waals surface area contributed by atoms with Crippen LogP contribution in [0.25, 0.3) is 22.2 Å². The lowest BCUT2D eigenvalue weighted by Gasteiger charge is -2.07. The molecule has 94 valence electrons. The first kappa shape index (κ1) is 12.7. The predicted molar refractivity (Wildman–Crippen MR) is 82.2 cm³/mol. The smallest absolute Gasteiger partial charge is 0.0725 e. The Morgan fingerprint density at radius 3 is 2.47 bits per heavy atom. The van der Waals surface area contributed by atoms with E-state index in [9.17, 15) is 0 Å². The molecule has 0 atom stereocenters. The summed E-state index contributed by atoms with van der Waals surface area (Å²) in [5.74, 6) is 0. The Labute approximate surface area is 125 Å². The first-order chi connectivity index (χ1) is 9.15. The molecule has 0 saturated carbocycles. The van der Waals surface area contributed by atoms with Crippen LogP contribution in [0.4, 0.5) is 0 Å². The fourth-order valence-electron chi connectivity index (χ4n) is 1.96. The highest BCUT2D eigenvalue weighted by atomic mass is 35.5. The number of halogens is 3. The van der Waals surface area contributed by atoms with Gasteiger partial charge in [-0.3, -0.25) is 0 Å². The number of hydrogen-bond acceptors (Lipinski definition) is 1. The molecule has 0 saturated heterocycles. The number of nitrogens with zero attached hydrogens (tertiary/aromatic N) is 1. The topological polar surface area (TPSA) is 12.9 Å². The van der Waals surface area contributed by atoms with Crippen LogP contribution in [0.3, 0.4) is 0 Å². The van der Waals surface area contributed by atoms with Crippen molar-refractivity contribution in [3.05, 3.63) is 63.6 Å². The van der Waals surface area contributed by atoms with Crippen LogP contribution in [-0.4, -0.2) is 4.98 Å². The van der Waals surface area contributed by atoms with Crippen LogP contribution in [0.2, 0.25) is 15.1 Å². The molecular formula is C15H8Cl3N. The highest BCUT2D eigenvalue weighted by molar-refractivity contribution is 6.45. The zero-order chi connectivity index (χ0) is 13.4. The summed E-state index contributed by atoms with van der Waals surface area (Å²) < 4.78 is 0. The maximum Gasteiger partial charge on any atom is 0.0725 e. The van der Waals surface area contributed by atoms with Crippen LogP contribution in [-0.2, 0) is 0 Å². The van der Waals surface area contributed by atoms with Gasteiger partial charge in [-0.05, 0) is 24.3 Å². The summed E-state index contributed by atoms with van der Waals surface area (Å²) >= 11 is 18.3. The fraction of sp³-hybridized carbons (Fsp3) is 0. The van der Waals surface area contributed by atoms with Gasteiger partial charge < -0.3 is 0 Å². The van der Waals surface area contributed by atoms with Crippen molar-refractivity contribution < 1.29 is 0 Å². The first-order valence-electron chi connectivity index (χ1n) is 5.66. The van der Waals surface area contributed by atoms with Gasteiger partial charge in [0.05, 0.1) is 21.3 Å². The molecule has 0 radical (unpaired) electrons. The summed E-state index contributed by atoms with van der Waals surface area (Å²) in [6.07, 6.45) is 0. The zero-order valence-electron chi connectivity index (χ0n) is 9.70. The molecule has 1 aromatic heterocycles. The third-order valence-corrected chi connectivity index (χ3v) is 3.89. The van der Waals surface area contributed by atoms with E-state index < -0.39 is 0 Å². The number of pyridine rings is 1. The number of hydrogen-bond donors (Lipinski definition) is 0. The second-order valence-electron chi connectivity index (χ2n) is 4.14. The number of para-hydroxylation sites is 1. The second-order valence-corrected chi connectivity index (χ2v) is 5.36. The first-order valence-corrected chi connectivity index (χ1v) is 6.79. The van der Waals surface area contributed by atoms with Gasteiger partial charge in [-0.15, -0.1) is 0 Å². The molecule has 0 fully saturated rings. The Balaban J connectivity index is 2.24. The fourth-order valence-corrected chi connectivity index (χ4v) is 2.66. The van der Waals surface area contributed by atoms with E-state index in [1.165, 1.54) is 0 Å². The van der Waals surface area contributed by atoms with E-state index in [0.717, 1.165) is 22.2 Å². The predicted octanol–water partition coefficient (Wildman–Crippen LogP) is 5.86. The largest absolute Gasteiger partial charge is 0.248 e. The molecule has 0 N–H and O–H groups in total. The molecule has 1 heterocycles. The van der Waals surface area contributed by atoms with Crippen molar-refractivity contribution in [3.63, 3.8) is 0 Å². The highest BCUT2D eigenvalue weighted by Gasteiger charge is 2.10. The SMILES string of the molecule is Clc1cc(Cl)c(Cl)c(-c2ccc3ccccc3n2)c1. The molecule has 0 unspecified atom stereocenters. The van der Waals surface area contributed by atoms with E-state index >= 15 is 0 Å². The summed E-state index contributed by atoms with van der Waals surface area (Å²) in [7, 11) is 0. The van der Waals surface area contributed by atoms with E-state index in [2.05, 4.69) is 4.98 Å². The molecule has 0 aliphatic carbocycles. The number of benzene rings is 2. The van der Waals surface area contributed by atoms with Gasteiger partial charge in [0.15, 0.2) is 0 Å². The minimum Gasteiger partial charge on any atom is -0.248 e. The summed E-state index contributed by atoms with van der Waals surface area (Å²) in [6.45, 7) is 0. The molecule has 0 amide bonds. The molecule has 2 aromatic carbocycles. The van der Waals surface area contributed by atoms with Crippen molar-refractivity contribution >= 4 is 45.7 Å². The Hall–Kier alpha value is -1.28. The highest BCUT2D eigenvalue weighted by Crippen LogP contribution is 2.36. The van der Waals surface area contributed by atoms with Crippen molar-refractivity contribution in [2.45, 2.75) is 0 Å². The zero-order valence-corrected chi connectivity index (χ0v) is 12.0. The van der Waals surface area contributed by atoms with Gasteiger partial charge >= 0.3 is 0 Å². The average molecular weight is 309 g/mol. The van der Waals surface area contributed by atoms with Crippen molar-refractivity contribution in [3.8, 4) is 11.3 Å². The van der Waals surface area contributed by atoms with Crippen LogP contribution in [0.5, 0.6) is 0 Å². The third-order valence-electron chi connectivity index (χ3n) is 2.87. The minimum absolute atomic E-state index is 0.430. The lowest BCUT2D eigenvalue weighted by atomic mass is 10.1. The van der Waals surface area contributed by atoms with Gasteiger partial charge in [-0.2, -0.15) is 0 Å².